The Morgan fingerprint density at radius 2 is 1.97 bits per heavy atom. The number of carbonyl (C=O) groups is 1. The highest BCUT2D eigenvalue weighted by Crippen LogP contribution is 2.31. The molecular weight excluding hydrogens is 422 g/mol. The first kappa shape index (κ1) is 21.8. The van der Waals surface area contributed by atoms with Gasteiger partial charge in [0.25, 0.3) is 5.91 Å². The third-order valence-electron chi connectivity index (χ3n) is 5.87. The van der Waals surface area contributed by atoms with Gasteiger partial charge in [0.2, 0.25) is 0 Å². The zero-order valence-electron chi connectivity index (χ0n) is 18.0. The molecular formula is C25H25N3O3S. The lowest BCUT2D eigenvalue weighted by molar-refractivity contribution is -0.124. The summed E-state index contributed by atoms with van der Waals surface area (Å²) in [5, 5.41) is 12.8. The minimum Gasteiger partial charge on any atom is -0.493 e. The molecule has 1 amide bonds. The summed E-state index contributed by atoms with van der Waals surface area (Å²) in [7, 11) is 1.57. The van der Waals surface area contributed by atoms with Crippen molar-refractivity contribution in [3.05, 3.63) is 64.9 Å². The van der Waals surface area contributed by atoms with Crippen molar-refractivity contribution < 1.29 is 14.3 Å². The Hall–Kier alpha value is -3.37. The van der Waals surface area contributed by atoms with E-state index < -0.39 is 0 Å². The molecule has 0 aromatic heterocycles. The van der Waals surface area contributed by atoms with Gasteiger partial charge in [-0.25, -0.2) is 0 Å². The number of nitrogens with one attached hydrogen (secondary N) is 1. The highest BCUT2D eigenvalue weighted by atomic mass is 32.1. The maximum Gasteiger partial charge on any atom is 0.276 e. The molecule has 2 fully saturated rings. The lowest BCUT2D eigenvalue weighted by Crippen LogP contribution is -2.41. The predicted molar refractivity (Wildman–Crippen MR) is 126 cm³/mol. The molecule has 2 aromatic carbocycles. The molecule has 0 bridgehead atoms. The molecule has 7 heteroatoms. The fraction of sp³-hybridized carbons (Fsp3) is 0.320. The van der Waals surface area contributed by atoms with Gasteiger partial charge in [-0.15, -0.1) is 0 Å². The van der Waals surface area contributed by atoms with Crippen LogP contribution in [0.4, 0.5) is 0 Å². The van der Waals surface area contributed by atoms with Crippen LogP contribution < -0.4 is 14.8 Å². The van der Waals surface area contributed by atoms with E-state index in [4.69, 9.17) is 21.7 Å². The average Bonchev–Trinajstić information content (AvgIpc) is 3.11. The molecule has 4 rings (SSSR count). The zero-order valence-corrected chi connectivity index (χ0v) is 18.8. The molecule has 2 aliphatic rings. The fourth-order valence-corrected chi connectivity index (χ4v) is 4.53. The summed E-state index contributed by atoms with van der Waals surface area (Å²) in [5.41, 5.74) is 2.66. The van der Waals surface area contributed by atoms with E-state index in [1.807, 2.05) is 30.3 Å². The van der Waals surface area contributed by atoms with Crippen LogP contribution in [0, 0.1) is 11.3 Å². The first-order valence-electron chi connectivity index (χ1n) is 10.8. The summed E-state index contributed by atoms with van der Waals surface area (Å²) < 4.78 is 11.4. The molecule has 164 valence electrons. The van der Waals surface area contributed by atoms with Crippen LogP contribution in [-0.4, -0.2) is 29.1 Å². The number of methoxy groups -OCH3 is 1. The number of thiocarbonyl (C=S) groups is 1. The maximum absolute atomic E-state index is 13.0. The Morgan fingerprint density at radius 3 is 2.72 bits per heavy atom. The van der Waals surface area contributed by atoms with Gasteiger partial charge in [0.15, 0.2) is 16.6 Å². The highest BCUT2D eigenvalue weighted by Gasteiger charge is 2.36. The first-order chi connectivity index (χ1) is 15.6. The van der Waals surface area contributed by atoms with Gasteiger partial charge in [-0.3, -0.25) is 9.69 Å². The van der Waals surface area contributed by atoms with Crippen molar-refractivity contribution >= 4 is 29.3 Å². The first-order valence-corrected chi connectivity index (χ1v) is 11.2. The second-order valence-corrected chi connectivity index (χ2v) is 8.31. The molecule has 1 N–H and O–H groups in total. The minimum absolute atomic E-state index is 0.0747. The molecule has 0 spiro atoms. The van der Waals surface area contributed by atoms with Crippen molar-refractivity contribution in [2.75, 3.05) is 7.11 Å². The molecule has 32 heavy (non-hydrogen) atoms. The Labute approximate surface area is 193 Å². The summed E-state index contributed by atoms with van der Waals surface area (Å²) in [6, 6.07) is 15.2. The van der Waals surface area contributed by atoms with Crippen molar-refractivity contribution in [1.29, 1.82) is 5.26 Å². The molecule has 0 unspecified atom stereocenters. The summed E-state index contributed by atoms with van der Waals surface area (Å²) in [5.74, 6) is 1.03. The smallest absolute Gasteiger partial charge is 0.276 e. The van der Waals surface area contributed by atoms with Crippen LogP contribution in [0.15, 0.2) is 48.2 Å². The van der Waals surface area contributed by atoms with Gasteiger partial charge in [0.1, 0.15) is 12.3 Å². The van der Waals surface area contributed by atoms with E-state index in [1.165, 1.54) is 6.42 Å². The van der Waals surface area contributed by atoms with Gasteiger partial charge in [0, 0.05) is 11.6 Å². The third kappa shape index (κ3) is 4.61. The Morgan fingerprint density at radius 1 is 1.19 bits per heavy atom. The molecule has 1 heterocycles. The van der Waals surface area contributed by atoms with E-state index in [2.05, 4.69) is 11.4 Å². The lowest BCUT2D eigenvalue weighted by Gasteiger charge is -2.29. The molecule has 1 saturated heterocycles. The van der Waals surface area contributed by atoms with Crippen LogP contribution in [0.1, 0.15) is 48.8 Å². The minimum atomic E-state index is -0.0747. The fourth-order valence-electron chi connectivity index (χ4n) is 4.19. The van der Waals surface area contributed by atoms with Crippen LogP contribution >= 0.6 is 12.2 Å². The van der Waals surface area contributed by atoms with Crippen molar-refractivity contribution in [2.45, 2.75) is 44.8 Å². The molecule has 0 atom stereocenters. The lowest BCUT2D eigenvalue weighted by atomic mass is 9.94. The summed E-state index contributed by atoms with van der Waals surface area (Å²) in [4.78, 5) is 14.7. The van der Waals surface area contributed by atoms with Crippen molar-refractivity contribution in [3.8, 4) is 17.6 Å². The number of hydrogen-bond donors (Lipinski definition) is 1. The highest BCUT2D eigenvalue weighted by molar-refractivity contribution is 7.80. The number of hydrogen-bond acceptors (Lipinski definition) is 5. The molecule has 0 radical (unpaired) electrons. The van der Waals surface area contributed by atoms with Gasteiger partial charge in [0.05, 0.1) is 18.7 Å². The number of ether oxygens (including phenoxy) is 2. The van der Waals surface area contributed by atoms with Gasteiger partial charge >= 0.3 is 0 Å². The zero-order chi connectivity index (χ0) is 22.5. The number of nitriles is 1. The van der Waals surface area contributed by atoms with Gasteiger partial charge < -0.3 is 14.8 Å². The van der Waals surface area contributed by atoms with E-state index in [-0.39, 0.29) is 18.6 Å². The third-order valence-corrected chi connectivity index (χ3v) is 6.17. The molecule has 1 aliphatic carbocycles. The number of benzene rings is 2. The van der Waals surface area contributed by atoms with Crippen LogP contribution in [-0.2, 0) is 11.4 Å². The predicted octanol–water partition coefficient (Wildman–Crippen LogP) is 4.54. The van der Waals surface area contributed by atoms with Gasteiger partial charge in [-0.2, -0.15) is 5.26 Å². The largest absolute Gasteiger partial charge is 0.493 e. The Kier molecular flexibility index (Phi) is 6.72. The normalized spacial score (nSPS) is 17.9. The van der Waals surface area contributed by atoms with Crippen LogP contribution in [0.5, 0.6) is 11.5 Å². The quantitative estimate of drug-likeness (QED) is 0.518. The van der Waals surface area contributed by atoms with E-state index >= 15 is 0 Å². The molecule has 2 aromatic rings. The van der Waals surface area contributed by atoms with Gasteiger partial charge in [-0.1, -0.05) is 43.5 Å². The Balaban J connectivity index is 1.50. The maximum atomic E-state index is 13.0. The van der Waals surface area contributed by atoms with Crippen molar-refractivity contribution in [2.24, 2.45) is 0 Å². The molecule has 1 saturated carbocycles. The van der Waals surface area contributed by atoms with E-state index in [0.717, 1.165) is 36.8 Å². The second-order valence-electron chi connectivity index (χ2n) is 7.92. The number of amides is 1. The van der Waals surface area contributed by atoms with Gasteiger partial charge in [-0.05, 0) is 54.9 Å². The van der Waals surface area contributed by atoms with Crippen molar-refractivity contribution in [3.63, 3.8) is 0 Å². The Bertz CT molecular complexity index is 1100. The van der Waals surface area contributed by atoms with Crippen LogP contribution in [0.3, 0.4) is 0 Å². The standard InChI is InChI=1S/C25H25N3O3S/c1-30-23-14-17(11-12-22(23)31-16-19-8-6-5-7-18(19)15-26)13-21-24(29)28(25(32)27-21)20-9-3-2-4-10-20/h5-8,11-14,20H,2-4,9-10,16H2,1H3,(H,27,32)/b21-13-. The summed E-state index contributed by atoms with van der Waals surface area (Å²) >= 11 is 5.45. The van der Waals surface area contributed by atoms with E-state index in [0.29, 0.717) is 27.9 Å². The van der Waals surface area contributed by atoms with E-state index in [1.54, 1.807) is 30.2 Å². The molecule has 6 nitrogen and oxygen atoms in total. The summed E-state index contributed by atoms with van der Waals surface area (Å²) in [6.45, 7) is 0.255. The van der Waals surface area contributed by atoms with E-state index in [9.17, 15) is 10.1 Å². The second kappa shape index (κ2) is 9.84. The van der Waals surface area contributed by atoms with Crippen molar-refractivity contribution in [1.82, 2.24) is 10.2 Å². The number of nitrogens with zero attached hydrogens (tertiary/aromatic N) is 2. The molecule has 1 aliphatic heterocycles. The SMILES string of the molecule is COc1cc(/C=C2\NC(=S)N(C3CCCCC3)C2=O)ccc1OCc1ccccc1C#N. The monoisotopic (exact) mass is 447 g/mol. The number of carbonyl (C=O) groups excluding carboxylic acids is 1. The van der Waals surface area contributed by atoms with Crippen LogP contribution in [0.2, 0.25) is 0 Å². The number of rotatable bonds is 6. The summed E-state index contributed by atoms with van der Waals surface area (Å²) in [6.07, 6.45) is 7.26. The average molecular weight is 448 g/mol. The topological polar surface area (TPSA) is 74.6 Å². The van der Waals surface area contributed by atoms with Crippen LogP contribution in [0.25, 0.3) is 6.08 Å².